The van der Waals surface area contributed by atoms with E-state index in [0.29, 0.717) is 27.9 Å². The zero-order valence-electron chi connectivity index (χ0n) is 23.3. The third-order valence-electron chi connectivity index (χ3n) is 5.55. The van der Waals surface area contributed by atoms with Crippen LogP contribution in [0.3, 0.4) is 0 Å². The van der Waals surface area contributed by atoms with E-state index in [4.69, 9.17) is 19.3 Å². The maximum Gasteiger partial charge on any atom is 0.330 e. The first-order chi connectivity index (χ1) is 20.9. The fourth-order valence-electron chi connectivity index (χ4n) is 3.69. The first-order valence-corrected chi connectivity index (χ1v) is 16.1. The van der Waals surface area contributed by atoms with E-state index in [0.717, 1.165) is 10.2 Å². The lowest BCUT2D eigenvalue weighted by Gasteiger charge is -2.09. The molecule has 12 nitrogen and oxygen atoms in total. The highest BCUT2D eigenvalue weighted by atomic mass is 79.9. The summed E-state index contributed by atoms with van der Waals surface area (Å²) < 4.78 is 41.3. The fraction of sp³-hybridized carbons (Fsp3) is 0.138. The van der Waals surface area contributed by atoms with Crippen molar-refractivity contribution in [1.82, 2.24) is 14.8 Å². The van der Waals surface area contributed by atoms with Gasteiger partial charge in [0.05, 0.1) is 10.6 Å². The molecule has 0 saturated heterocycles. The molecular formula is C29H25BrN4O8S2. The summed E-state index contributed by atoms with van der Waals surface area (Å²) in [4.78, 5) is 39.6. The zero-order chi connectivity index (χ0) is 31.9. The minimum absolute atomic E-state index is 0.0229. The van der Waals surface area contributed by atoms with Gasteiger partial charge in [-0.05, 0) is 72.3 Å². The minimum Gasteiger partial charge on any atom is -0.462 e. The van der Waals surface area contributed by atoms with Gasteiger partial charge in [-0.15, -0.1) is 5.10 Å². The second kappa shape index (κ2) is 14.4. The Morgan fingerprint density at radius 3 is 2.25 bits per heavy atom. The molecule has 2 N–H and O–H groups in total. The molecule has 1 aromatic heterocycles. The molecule has 3 aromatic carbocycles. The predicted molar refractivity (Wildman–Crippen MR) is 166 cm³/mol. The van der Waals surface area contributed by atoms with Crippen molar-refractivity contribution in [2.75, 3.05) is 12.4 Å². The highest BCUT2D eigenvalue weighted by Gasteiger charge is 2.16. The number of hydrogen-bond acceptors (Lipinski definition) is 11. The van der Waals surface area contributed by atoms with Crippen LogP contribution in [0.2, 0.25) is 0 Å². The number of carbonyl (C=O) groups excluding carboxylic acids is 3. The van der Waals surface area contributed by atoms with Crippen molar-refractivity contribution < 1.29 is 37.0 Å². The van der Waals surface area contributed by atoms with E-state index >= 15 is 0 Å². The van der Waals surface area contributed by atoms with E-state index in [2.05, 4.69) is 26.0 Å². The summed E-state index contributed by atoms with van der Waals surface area (Å²) in [6.07, 6.45) is 2.68. The van der Waals surface area contributed by atoms with Crippen molar-refractivity contribution in [2.45, 2.75) is 23.9 Å². The van der Waals surface area contributed by atoms with Gasteiger partial charge >= 0.3 is 17.9 Å². The summed E-state index contributed by atoms with van der Waals surface area (Å²) in [7, 11) is -3.85. The molecule has 0 spiro atoms. The molecule has 0 fully saturated rings. The molecule has 228 valence electrons. The number of halogens is 1. The summed E-state index contributed by atoms with van der Waals surface area (Å²) in [6.45, 7) is 2.49. The first-order valence-electron chi connectivity index (χ1n) is 12.7. The van der Waals surface area contributed by atoms with Crippen molar-refractivity contribution in [1.29, 1.82) is 0 Å². The molecule has 0 aliphatic rings. The quantitative estimate of drug-likeness (QED) is 0.0766. The molecule has 1 heterocycles. The van der Waals surface area contributed by atoms with Crippen LogP contribution in [0.1, 0.15) is 19.4 Å². The maximum absolute atomic E-state index is 12.3. The SMILES string of the molecule is CC(=O)Oc1ccc(/C=C/C(=O)OCCSc2nc(-c3ccc(S(N)(=O)=O)cc3)n(-c3ccc(Br)cc3)n2)cc1OC(C)=O. The van der Waals surface area contributed by atoms with Gasteiger partial charge < -0.3 is 14.2 Å². The summed E-state index contributed by atoms with van der Waals surface area (Å²) >= 11 is 4.68. The third-order valence-corrected chi connectivity index (χ3v) is 7.81. The van der Waals surface area contributed by atoms with E-state index in [9.17, 15) is 22.8 Å². The van der Waals surface area contributed by atoms with Gasteiger partial charge in [0, 0.05) is 35.7 Å². The monoisotopic (exact) mass is 700 g/mol. The summed E-state index contributed by atoms with van der Waals surface area (Å²) in [5.41, 5.74) is 1.86. The van der Waals surface area contributed by atoms with Gasteiger partial charge in [-0.3, -0.25) is 9.59 Å². The predicted octanol–water partition coefficient (Wildman–Crippen LogP) is 4.54. The Morgan fingerprint density at radius 1 is 0.955 bits per heavy atom. The lowest BCUT2D eigenvalue weighted by atomic mass is 10.2. The van der Waals surface area contributed by atoms with Crippen molar-refractivity contribution in [3.63, 3.8) is 0 Å². The smallest absolute Gasteiger partial charge is 0.330 e. The van der Waals surface area contributed by atoms with Crippen LogP contribution in [0.25, 0.3) is 23.2 Å². The zero-order valence-corrected chi connectivity index (χ0v) is 26.5. The number of sulfonamides is 1. The number of esters is 3. The molecular weight excluding hydrogens is 676 g/mol. The summed E-state index contributed by atoms with van der Waals surface area (Å²) in [5.74, 6) is -0.843. The Balaban J connectivity index is 1.41. The van der Waals surface area contributed by atoms with E-state index in [1.165, 1.54) is 62.0 Å². The maximum atomic E-state index is 12.3. The van der Waals surface area contributed by atoms with Crippen LogP contribution in [-0.4, -0.2) is 53.4 Å². The highest BCUT2D eigenvalue weighted by Crippen LogP contribution is 2.30. The number of carbonyl (C=O) groups is 3. The average Bonchev–Trinajstić information content (AvgIpc) is 3.39. The normalized spacial score (nSPS) is 11.4. The van der Waals surface area contributed by atoms with E-state index < -0.39 is 27.9 Å². The second-order valence-corrected chi connectivity index (χ2v) is 12.5. The van der Waals surface area contributed by atoms with Gasteiger partial charge in [-0.1, -0.05) is 33.8 Å². The fourth-order valence-corrected chi connectivity index (χ4v) is 5.11. The van der Waals surface area contributed by atoms with Crippen LogP contribution in [0.4, 0.5) is 0 Å². The number of ether oxygens (including phenoxy) is 3. The molecule has 0 atom stereocenters. The van der Waals surface area contributed by atoms with Crippen molar-refractivity contribution in [3.8, 4) is 28.6 Å². The minimum atomic E-state index is -3.85. The van der Waals surface area contributed by atoms with Crippen LogP contribution in [-0.2, 0) is 29.1 Å². The molecule has 0 saturated carbocycles. The molecule has 0 radical (unpaired) electrons. The van der Waals surface area contributed by atoms with Crippen molar-refractivity contribution >= 4 is 61.7 Å². The topological polar surface area (TPSA) is 170 Å². The molecule has 0 amide bonds. The Labute approximate surface area is 265 Å². The number of thioether (sulfide) groups is 1. The number of benzene rings is 3. The summed E-state index contributed by atoms with van der Waals surface area (Å²) in [5, 5.41) is 10.2. The van der Waals surface area contributed by atoms with Crippen LogP contribution in [0, 0.1) is 0 Å². The molecule has 15 heteroatoms. The van der Waals surface area contributed by atoms with E-state index in [1.54, 1.807) is 22.9 Å². The van der Waals surface area contributed by atoms with Crippen LogP contribution in [0.15, 0.2) is 87.3 Å². The van der Waals surface area contributed by atoms with Gasteiger partial charge in [0.15, 0.2) is 17.3 Å². The molecule has 4 rings (SSSR count). The van der Waals surface area contributed by atoms with Gasteiger partial charge in [0.2, 0.25) is 15.2 Å². The molecule has 0 unspecified atom stereocenters. The number of nitrogens with zero attached hydrogens (tertiary/aromatic N) is 3. The Kier molecular flexibility index (Phi) is 10.7. The van der Waals surface area contributed by atoms with Crippen molar-refractivity contribution in [2.24, 2.45) is 5.14 Å². The highest BCUT2D eigenvalue weighted by molar-refractivity contribution is 9.10. The largest absolute Gasteiger partial charge is 0.462 e. The number of nitrogens with two attached hydrogens (primary N) is 1. The average molecular weight is 702 g/mol. The lowest BCUT2D eigenvalue weighted by molar-refractivity contribution is -0.137. The van der Waals surface area contributed by atoms with Gasteiger partial charge in [-0.25, -0.2) is 28.0 Å². The van der Waals surface area contributed by atoms with E-state index in [-0.39, 0.29) is 23.0 Å². The molecule has 4 aromatic rings. The molecule has 0 aliphatic heterocycles. The van der Waals surface area contributed by atoms with Crippen LogP contribution < -0.4 is 14.6 Å². The second-order valence-electron chi connectivity index (χ2n) is 8.92. The number of hydrogen-bond donors (Lipinski definition) is 1. The van der Waals surface area contributed by atoms with Gasteiger partial charge in [-0.2, -0.15) is 0 Å². The number of rotatable bonds is 11. The third kappa shape index (κ3) is 9.09. The summed E-state index contributed by atoms with van der Waals surface area (Å²) in [6, 6.07) is 17.9. The van der Waals surface area contributed by atoms with Gasteiger partial charge in [0.1, 0.15) is 6.61 Å². The van der Waals surface area contributed by atoms with Crippen LogP contribution >= 0.6 is 27.7 Å². The standard InChI is InChI=1S/C29H25BrN4O8S2/c1-18(35)41-25-13-3-20(17-26(25)42-19(2)36)4-14-27(37)40-15-16-43-29-32-28(21-5-11-24(12-6-21)44(31,38)39)34(33-29)23-9-7-22(30)8-10-23/h3-14,17H,15-16H2,1-2H3,(H2,31,38,39)/b14-4+. The van der Waals surface area contributed by atoms with Crippen LogP contribution in [0.5, 0.6) is 11.5 Å². The van der Waals surface area contributed by atoms with Gasteiger partial charge in [0.25, 0.3) is 0 Å². The molecule has 0 bridgehead atoms. The number of aromatic nitrogens is 3. The molecule has 44 heavy (non-hydrogen) atoms. The Hall–Kier alpha value is -4.31. The molecule has 0 aliphatic carbocycles. The Morgan fingerprint density at radius 2 is 1.61 bits per heavy atom. The van der Waals surface area contributed by atoms with Crippen molar-refractivity contribution in [3.05, 3.63) is 82.8 Å². The lowest BCUT2D eigenvalue weighted by Crippen LogP contribution is -2.11. The van der Waals surface area contributed by atoms with E-state index in [1.807, 2.05) is 24.3 Å². The first kappa shape index (κ1) is 32.6. The Bertz CT molecular complexity index is 1820. The number of primary sulfonamides is 1.